The van der Waals surface area contributed by atoms with Crippen LogP contribution in [0.15, 0.2) is 18.3 Å². The summed E-state index contributed by atoms with van der Waals surface area (Å²) >= 11 is 5.82. The van der Waals surface area contributed by atoms with Crippen molar-refractivity contribution in [2.45, 2.75) is 13.0 Å². The molecule has 1 atom stereocenters. The van der Waals surface area contributed by atoms with Crippen LogP contribution in [-0.2, 0) is 9.53 Å². The molecule has 7 heteroatoms. The second-order valence-corrected chi connectivity index (χ2v) is 3.91. The number of methoxy groups -OCH3 is 1. The highest BCUT2D eigenvalue weighted by molar-refractivity contribution is 6.30. The van der Waals surface area contributed by atoms with Crippen LogP contribution >= 0.6 is 11.6 Å². The minimum absolute atomic E-state index is 0.352. The van der Waals surface area contributed by atoms with Gasteiger partial charge in [-0.2, -0.15) is 4.98 Å². The fraction of sp³-hybridized carbons (Fsp3) is 0.300. The van der Waals surface area contributed by atoms with Gasteiger partial charge in [0, 0.05) is 6.20 Å². The summed E-state index contributed by atoms with van der Waals surface area (Å²) in [5.41, 5.74) is 0.647. The predicted molar refractivity (Wildman–Crippen MR) is 63.1 cm³/mol. The molecule has 1 unspecified atom stereocenters. The average Bonchev–Trinajstić information content (AvgIpc) is 2.69. The zero-order valence-corrected chi connectivity index (χ0v) is 10.1. The Labute approximate surface area is 103 Å². The zero-order chi connectivity index (χ0) is 12.4. The number of pyridine rings is 1. The van der Waals surface area contributed by atoms with Crippen molar-refractivity contribution in [3.05, 3.63) is 23.4 Å². The van der Waals surface area contributed by atoms with Gasteiger partial charge in [0.25, 0.3) is 0 Å². The summed E-state index contributed by atoms with van der Waals surface area (Å²) < 4.78 is 6.13. The molecule has 0 aliphatic carbocycles. The van der Waals surface area contributed by atoms with E-state index >= 15 is 0 Å². The van der Waals surface area contributed by atoms with Crippen molar-refractivity contribution in [2.24, 2.45) is 0 Å². The van der Waals surface area contributed by atoms with E-state index in [-0.39, 0.29) is 5.97 Å². The lowest BCUT2D eigenvalue weighted by Gasteiger charge is -2.08. The summed E-state index contributed by atoms with van der Waals surface area (Å²) in [4.78, 5) is 15.4. The Hall–Kier alpha value is -1.82. The SMILES string of the molecule is COC(=O)C(C)Nc1nc2ccc(Cl)cn2n1. The number of carbonyl (C=O) groups excluding carboxylic acids is 1. The molecule has 0 saturated carbocycles. The normalized spacial score (nSPS) is 12.4. The topological polar surface area (TPSA) is 68.5 Å². The molecule has 2 aromatic heterocycles. The van der Waals surface area contributed by atoms with Gasteiger partial charge < -0.3 is 10.1 Å². The Morgan fingerprint density at radius 1 is 1.59 bits per heavy atom. The summed E-state index contributed by atoms with van der Waals surface area (Å²) in [6.45, 7) is 1.67. The van der Waals surface area contributed by atoms with Gasteiger partial charge in [0.15, 0.2) is 5.65 Å². The van der Waals surface area contributed by atoms with Crippen LogP contribution in [0.25, 0.3) is 5.65 Å². The molecule has 2 aromatic rings. The van der Waals surface area contributed by atoms with Crippen molar-refractivity contribution in [1.82, 2.24) is 14.6 Å². The van der Waals surface area contributed by atoms with E-state index in [2.05, 4.69) is 20.1 Å². The van der Waals surface area contributed by atoms with Crippen LogP contribution in [0.3, 0.4) is 0 Å². The van der Waals surface area contributed by atoms with Gasteiger partial charge in [0.05, 0.1) is 12.1 Å². The van der Waals surface area contributed by atoms with Gasteiger partial charge in [-0.05, 0) is 19.1 Å². The van der Waals surface area contributed by atoms with Crippen molar-refractivity contribution >= 4 is 29.2 Å². The summed E-state index contributed by atoms with van der Waals surface area (Å²) in [5, 5.41) is 7.54. The number of nitrogens with one attached hydrogen (secondary N) is 1. The largest absolute Gasteiger partial charge is 0.467 e. The van der Waals surface area contributed by atoms with Crippen LogP contribution in [0.5, 0.6) is 0 Å². The minimum atomic E-state index is -0.507. The maximum absolute atomic E-state index is 11.2. The molecule has 2 rings (SSSR count). The van der Waals surface area contributed by atoms with E-state index in [4.69, 9.17) is 11.6 Å². The van der Waals surface area contributed by atoms with E-state index in [1.54, 1.807) is 25.3 Å². The molecule has 0 saturated heterocycles. The standard InChI is InChI=1S/C10H11ClN4O2/c1-6(9(16)17-2)12-10-13-8-4-3-7(11)5-15(8)14-10/h3-6H,1-2H3,(H,12,14). The van der Waals surface area contributed by atoms with Crippen LogP contribution in [0.4, 0.5) is 5.95 Å². The van der Waals surface area contributed by atoms with Gasteiger partial charge in [0.1, 0.15) is 6.04 Å². The van der Waals surface area contributed by atoms with Crippen LogP contribution in [-0.4, -0.2) is 33.7 Å². The van der Waals surface area contributed by atoms with Gasteiger partial charge in [-0.3, -0.25) is 0 Å². The lowest BCUT2D eigenvalue weighted by Crippen LogP contribution is -2.27. The van der Waals surface area contributed by atoms with E-state index in [0.29, 0.717) is 16.6 Å². The van der Waals surface area contributed by atoms with E-state index in [9.17, 15) is 4.79 Å². The third kappa shape index (κ3) is 2.47. The van der Waals surface area contributed by atoms with E-state index < -0.39 is 6.04 Å². The molecule has 6 nitrogen and oxygen atoms in total. The molecule has 0 aliphatic rings. The first-order chi connectivity index (χ1) is 8.10. The molecule has 1 N–H and O–H groups in total. The highest BCUT2D eigenvalue weighted by Gasteiger charge is 2.14. The molecule has 0 spiro atoms. The Morgan fingerprint density at radius 2 is 2.35 bits per heavy atom. The molecule has 0 amide bonds. The number of esters is 1. The molecule has 0 aliphatic heterocycles. The molecule has 0 bridgehead atoms. The first kappa shape index (κ1) is 11.7. The number of rotatable bonds is 3. The second-order valence-electron chi connectivity index (χ2n) is 3.47. The summed E-state index contributed by atoms with van der Waals surface area (Å²) in [6.07, 6.45) is 1.64. The third-order valence-corrected chi connectivity index (χ3v) is 2.42. The number of nitrogens with zero attached hydrogens (tertiary/aromatic N) is 3. The van der Waals surface area contributed by atoms with Gasteiger partial charge >= 0.3 is 5.97 Å². The lowest BCUT2D eigenvalue weighted by molar-refractivity contribution is -0.141. The number of hydrogen-bond acceptors (Lipinski definition) is 5. The number of ether oxygens (including phenoxy) is 1. The first-order valence-electron chi connectivity index (χ1n) is 4.96. The maximum atomic E-state index is 11.2. The van der Waals surface area contributed by atoms with E-state index in [1.165, 1.54) is 11.6 Å². The molecule has 17 heavy (non-hydrogen) atoms. The fourth-order valence-corrected chi connectivity index (χ4v) is 1.50. The molecular weight excluding hydrogens is 244 g/mol. The fourth-order valence-electron chi connectivity index (χ4n) is 1.35. The zero-order valence-electron chi connectivity index (χ0n) is 9.35. The summed E-state index contributed by atoms with van der Waals surface area (Å²) in [7, 11) is 1.33. The highest BCUT2D eigenvalue weighted by atomic mass is 35.5. The molecule has 90 valence electrons. The maximum Gasteiger partial charge on any atom is 0.328 e. The number of fused-ring (bicyclic) bond motifs is 1. The second kappa shape index (κ2) is 4.58. The molecule has 0 fully saturated rings. The minimum Gasteiger partial charge on any atom is -0.467 e. The molecule has 2 heterocycles. The first-order valence-corrected chi connectivity index (χ1v) is 5.34. The molecular formula is C10H11ClN4O2. The van der Waals surface area contributed by atoms with Gasteiger partial charge in [-0.1, -0.05) is 11.6 Å². The van der Waals surface area contributed by atoms with Crippen LogP contribution in [0, 0.1) is 0 Å². The lowest BCUT2D eigenvalue weighted by atomic mass is 10.3. The summed E-state index contributed by atoms with van der Waals surface area (Å²) in [5.74, 6) is -0.0212. The number of halogens is 1. The van der Waals surface area contributed by atoms with Crippen molar-refractivity contribution in [3.63, 3.8) is 0 Å². The number of hydrogen-bond donors (Lipinski definition) is 1. The quantitative estimate of drug-likeness (QED) is 0.838. The Kier molecular flexibility index (Phi) is 3.14. The monoisotopic (exact) mass is 254 g/mol. The van der Waals surface area contributed by atoms with E-state index in [0.717, 1.165) is 0 Å². The predicted octanol–water partition coefficient (Wildman–Crippen LogP) is 1.36. The molecule has 0 aromatic carbocycles. The van der Waals surface area contributed by atoms with Crippen LogP contribution in [0.2, 0.25) is 5.02 Å². The number of aromatic nitrogens is 3. The smallest absolute Gasteiger partial charge is 0.328 e. The van der Waals surface area contributed by atoms with Crippen molar-refractivity contribution in [2.75, 3.05) is 12.4 Å². The van der Waals surface area contributed by atoms with Crippen LogP contribution < -0.4 is 5.32 Å². The average molecular weight is 255 g/mol. The molecule has 0 radical (unpaired) electrons. The Balaban J connectivity index is 2.22. The Bertz CT molecular complexity index is 554. The summed E-state index contributed by atoms with van der Waals surface area (Å²) in [6, 6.07) is 2.95. The number of carbonyl (C=O) groups is 1. The highest BCUT2D eigenvalue weighted by Crippen LogP contribution is 2.11. The Morgan fingerprint density at radius 3 is 3.06 bits per heavy atom. The van der Waals surface area contributed by atoms with Gasteiger partial charge in [-0.15, -0.1) is 5.10 Å². The van der Waals surface area contributed by atoms with Gasteiger partial charge in [-0.25, -0.2) is 9.31 Å². The van der Waals surface area contributed by atoms with Crippen LogP contribution in [0.1, 0.15) is 6.92 Å². The van der Waals surface area contributed by atoms with Gasteiger partial charge in [0.2, 0.25) is 5.95 Å². The third-order valence-electron chi connectivity index (χ3n) is 2.20. The van der Waals surface area contributed by atoms with E-state index in [1.807, 2.05) is 0 Å². The van der Waals surface area contributed by atoms with Crippen molar-refractivity contribution in [1.29, 1.82) is 0 Å². The van der Waals surface area contributed by atoms with Crippen molar-refractivity contribution < 1.29 is 9.53 Å². The van der Waals surface area contributed by atoms with Crippen molar-refractivity contribution in [3.8, 4) is 0 Å². The number of anilines is 1.